The number of hydrogen-bond donors (Lipinski definition) is 1. The lowest BCUT2D eigenvalue weighted by Crippen LogP contribution is -2.14. The van der Waals surface area contributed by atoms with Gasteiger partial charge in [0.25, 0.3) is 0 Å². The van der Waals surface area contributed by atoms with Crippen LogP contribution in [0.25, 0.3) is 0 Å². The maximum atomic E-state index is 12.7. The molecule has 126 valence electrons. The first kappa shape index (κ1) is 18.3. The highest BCUT2D eigenvalue weighted by atomic mass is 79.9. The second kappa shape index (κ2) is 7.25. The van der Waals surface area contributed by atoms with Crippen molar-refractivity contribution in [1.82, 2.24) is 0 Å². The quantitative estimate of drug-likeness (QED) is 0.802. The lowest BCUT2D eigenvalue weighted by atomic mass is 10.2. The summed E-state index contributed by atoms with van der Waals surface area (Å²) in [5, 5.41) is 18.2. The summed E-state index contributed by atoms with van der Waals surface area (Å²) in [6, 6.07) is 10.3. The van der Waals surface area contributed by atoms with Crippen LogP contribution in [0.3, 0.4) is 0 Å². The SMILES string of the molecule is N#Cc1cccc(Oc2ccc(S(=O)(=O)C(F)F)c(CO)c2Br)c1. The van der Waals surface area contributed by atoms with Gasteiger partial charge in [-0.25, -0.2) is 8.42 Å². The van der Waals surface area contributed by atoms with Crippen molar-refractivity contribution in [2.75, 3.05) is 0 Å². The number of sulfone groups is 1. The molecule has 24 heavy (non-hydrogen) atoms. The highest BCUT2D eigenvalue weighted by Crippen LogP contribution is 2.37. The van der Waals surface area contributed by atoms with Gasteiger partial charge in [-0.2, -0.15) is 14.0 Å². The summed E-state index contributed by atoms with van der Waals surface area (Å²) >= 11 is 3.07. The van der Waals surface area contributed by atoms with Crippen LogP contribution < -0.4 is 4.74 Å². The van der Waals surface area contributed by atoms with E-state index in [-0.39, 0.29) is 15.8 Å². The van der Waals surface area contributed by atoms with Gasteiger partial charge in [0.2, 0.25) is 9.84 Å². The molecule has 0 saturated carbocycles. The Bertz CT molecular complexity index is 910. The van der Waals surface area contributed by atoms with Gasteiger partial charge in [0.1, 0.15) is 11.5 Å². The molecule has 0 unspecified atom stereocenters. The summed E-state index contributed by atoms with van der Waals surface area (Å²) in [5.74, 6) is -3.20. The van der Waals surface area contributed by atoms with Gasteiger partial charge < -0.3 is 9.84 Å². The molecule has 0 saturated heterocycles. The van der Waals surface area contributed by atoms with Crippen molar-refractivity contribution in [2.45, 2.75) is 17.3 Å². The summed E-state index contributed by atoms with van der Waals surface area (Å²) in [5.41, 5.74) is 0.118. The second-order valence-corrected chi connectivity index (χ2v) is 7.24. The minimum Gasteiger partial charge on any atom is -0.456 e. The number of benzene rings is 2. The summed E-state index contributed by atoms with van der Waals surface area (Å²) < 4.78 is 54.3. The number of aliphatic hydroxyl groups is 1. The smallest absolute Gasteiger partial charge is 0.341 e. The van der Waals surface area contributed by atoms with Crippen LogP contribution >= 0.6 is 15.9 Å². The summed E-state index contributed by atoms with van der Waals surface area (Å²) in [6.07, 6.45) is 0. The van der Waals surface area contributed by atoms with Crippen LogP contribution in [0.1, 0.15) is 11.1 Å². The van der Waals surface area contributed by atoms with Gasteiger partial charge >= 0.3 is 5.76 Å². The van der Waals surface area contributed by atoms with E-state index in [0.717, 1.165) is 6.07 Å². The normalized spacial score (nSPS) is 11.3. The van der Waals surface area contributed by atoms with Crippen LogP contribution in [0, 0.1) is 11.3 Å². The standard InChI is InChI=1S/C15H10BrF2NO4S/c16-14-11(8-20)13(24(21,22)15(17)18)5-4-12(14)23-10-3-1-2-9(6-10)7-19/h1-6,15,20H,8H2. The van der Waals surface area contributed by atoms with E-state index in [1.807, 2.05) is 6.07 Å². The maximum Gasteiger partial charge on any atom is 0.341 e. The maximum absolute atomic E-state index is 12.7. The van der Waals surface area contributed by atoms with Crippen LogP contribution in [-0.2, 0) is 16.4 Å². The van der Waals surface area contributed by atoms with E-state index in [1.54, 1.807) is 18.2 Å². The Labute approximate surface area is 145 Å². The van der Waals surface area contributed by atoms with E-state index < -0.39 is 27.1 Å². The minimum absolute atomic E-state index is 0.0362. The van der Waals surface area contributed by atoms with Crippen LogP contribution in [0.5, 0.6) is 11.5 Å². The minimum atomic E-state index is -4.86. The second-order valence-electron chi connectivity index (χ2n) is 4.56. The molecule has 0 aliphatic rings. The molecular weight excluding hydrogens is 408 g/mol. The van der Waals surface area contributed by atoms with E-state index >= 15 is 0 Å². The van der Waals surface area contributed by atoms with Gasteiger partial charge in [-0.05, 0) is 46.3 Å². The first-order valence-corrected chi connectivity index (χ1v) is 8.77. The molecule has 0 heterocycles. The van der Waals surface area contributed by atoms with Crippen molar-refractivity contribution >= 4 is 25.8 Å². The van der Waals surface area contributed by atoms with Crippen LogP contribution in [0.15, 0.2) is 45.8 Å². The summed E-state index contributed by atoms with van der Waals surface area (Å²) in [4.78, 5) is -0.676. The fourth-order valence-corrected chi connectivity index (χ4v) is 3.57. The van der Waals surface area contributed by atoms with E-state index in [1.165, 1.54) is 12.1 Å². The topological polar surface area (TPSA) is 87.4 Å². The Morgan fingerprint density at radius 1 is 1.29 bits per heavy atom. The summed E-state index contributed by atoms with van der Waals surface area (Å²) in [6.45, 7) is -0.780. The zero-order chi connectivity index (χ0) is 17.9. The Morgan fingerprint density at radius 3 is 2.58 bits per heavy atom. The van der Waals surface area contributed by atoms with Crippen LogP contribution in [0.4, 0.5) is 8.78 Å². The predicted molar refractivity (Wildman–Crippen MR) is 84.5 cm³/mol. The number of aliphatic hydroxyl groups excluding tert-OH is 1. The monoisotopic (exact) mass is 417 g/mol. The number of hydrogen-bond acceptors (Lipinski definition) is 5. The molecule has 2 aromatic carbocycles. The van der Waals surface area contributed by atoms with E-state index in [4.69, 9.17) is 10.00 Å². The largest absolute Gasteiger partial charge is 0.456 e. The van der Waals surface area contributed by atoms with Crippen molar-refractivity contribution in [1.29, 1.82) is 5.26 Å². The molecule has 2 rings (SSSR count). The van der Waals surface area contributed by atoms with Gasteiger partial charge in [0.15, 0.2) is 0 Å². The number of alkyl halides is 2. The van der Waals surface area contributed by atoms with E-state index in [0.29, 0.717) is 11.3 Å². The number of rotatable bonds is 5. The third-order valence-corrected chi connectivity index (χ3v) is 5.39. The molecule has 2 aromatic rings. The zero-order valence-corrected chi connectivity index (χ0v) is 14.3. The molecule has 0 radical (unpaired) electrons. The van der Waals surface area contributed by atoms with Crippen LogP contribution in [-0.4, -0.2) is 19.3 Å². The lowest BCUT2D eigenvalue weighted by Gasteiger charge is -2.14. The molecule has 9 heteroatoms. The molecule has 0 spiro atoms. The molecule has 0 aliphatic carbocycles. The zero-order valence-electron chi connectivity index (χ0n) is 11.9. The predicted octanol–water partition coefficient (Wildman–Crippen LogP) is 3.60. The van der Waals surface area contributed by atoms with Crippen LogP contribution in [0.2, 0.25) is 0 Å². The Morgan fingerprint density at radius 2 is 2.00 bits per heavy atom. The summed E-state index contributed by atoms with van der Waals surface area (Å²) in [7, 11) is -4.86. The highest BCUT2D eigenvalue weighted by Gasteiger charge is 2.30. The number of nitrogens with zero attached hydrogens (tertiary/aromatic N) is 1. The van der Waals surface area contributed by atoms with Crippen molar-refractivity contribution in [2.24, 2.45) is 0 Å². The molecule has 0 bridgehead atoms. The van der Waals surface area contributed by atoms with Gasteiger partial charge in [-0.3, -0.25) is 0 Å². The third-order valence-electron chi connectivity index (χ3n) is 3.05. The van der Waals surface area contributed by atoms with E-state index in [9.17, 15) is 22.3 Å². The molecule has 0 atom stereocenters. The number of halogens is 3. The average Bonchev–Trinajstić information content (AvgIpc) is 2.56. The van der Waals surface area contributed by atoms with Gasteiger partial charge in [0, 0.05) is 5.56 Å². The lowest BCUT2D eigenvalue weighted by molar-refractivity contribution is 0.233. The highest BCUT2D eigenvalue weighted by molar-refractivity contribution is 9.10. The molecular formula is C15H10BrF2NO4S. The molecule has 1 N–H and O–H groups in total. The average molecular weight is 418 g/mol. The fourth-order valence-electron chi connectivity index (χ4n) is 1.93. The third kappa shape index (κ3) is 3.56. The number of nitriles is 1. The van der Waals surface area contributed by atoms with Crippen molar-refractivity contribution < 1.29 is 27.0 Å². The fraction of sp³-hybridized carbons (Fsp3) is 0.133. The molecule has 5 nitrogen and oxygen atoms in total. The Balaban J connectivity index is 2.49. The molecule has 0 fully saturated rings. The first-order chi connectivity index (χ1) is 11.3. The Kier molecular flexibility index (Phi) is 5.54. The Hall–Kier alpha value is -2.02. The first-order valence-electron chi connectivity index (χ1n) is 6.43. The molecule has 0 aliphatic heterocycles. The van der Waals surface area contributed by atoms with Gasteiger partial charge in [0.05, 0.1) is 27.6 Å². The number of ether oxygens (including phenoxy) is 1. The van der Waals surface area contributed by atoms with Crippen molar-refractivity contribution in [3.8, 4) is 17.6 Å². The molecule has 0 amide bonds. The van der Waals surface area contributed by atoms with Gasteiger partial charge in [-0.1, -0.05) is 6.07 Å². The van der Waals surface area contributed by atoms with Gasteiger partial charge in [-0.15, -0.1) is 0 Å². The molecule has 0 aromatic heterocycles. The van der Waals surface area contributed by atoms with E-state index in [2.05, 4.69) is 15.9 Å². The van der Waals surface area contributed by atoms with Crippen molar-refractivity contribution in [3.05, 3.63) is 52.0 Å². The van der Waals surface area contributed by atoms with Crippen molar-refractivity contribution in [3.63, 3.8) is 0 Å².